The molecule has 0 saturated carbocycles. The largest absolute Gasteiger partial charge is 0.357 e. The number of aromatic nitrogens is 2. The van der Waals surface area contributed by atoms with Crippen molar-refractivity contribution >= 4 is 21.7 Å². The molecule has 0 saturated heterocycles. The maximum absolute atomic E-state index is 5.26. The van der Waals surface area contributed by atoms with Gasteiger partial charge in [0.1, 0.15) is 16.2 Å². The maximum atomic E-state index is 5.26. The summed E-state index contributed by atoms with van der Waals surface area (Å²) in [6, 6.07) is 1.79. The van der Waals surface area contributed by atoms with Crippen molar-refractivity contribution in [2.24, 2.45) is 0 Å². The summed E-state index contributed by atoms with van der Waals surface area (Å²) in [4.78, 5) is 8.49. The standard InChI is InChI=1S/C10H12BrN3/c1-4-7(3)12-10-6-8(11)13-9(5-2)14-10/h1,6-7H,5H2,2-3H3,(H,12,13,14). The minimum atomic E-state index is -0.0264. The molecule has 0 spiro atoms. The van der Waals surface area contributed by atoms with Crippen molar-refractivity contribution in [1.82, 2.24) is 9.97 Å². The highest BCUT2D eigenvalue weighted by atomic mass is 79.9. The number of halogens is 1. The number of rotatable bonds is 3. The van der Waals surface area contributed by atoms with E-state index in [1.807, 2.05) is 19.9 Å². The summed E-state index contributed by atoms with van der Waals surface area (Å²) in [5.74, 6) is 4.14. The predicted octanol–water partition coefficient (Wildman–Crippen LogP) is 2.24. The molecule has 0 aliphatic carbocycles. The van der Waals surface area contributed by atoms with E-state index in [1.54, 1.807) is 0 Å². The molecule has 0 fully saturated rings. The Morgan fingerprint density at radius 3 is 2.93 bits per heavy atom. The second-order valence-electron chi connectivity index (χ2n) is 2.88. The van der Waals surface area contributed by atoms with E-state index < -0.39 is 0 Å². The summed E-state index contributed by atoms with van der Waals surface area (Å²) < 4.78 is 0.774. The van der Waals surface area contributed by atoms with E-state index in [1.165, 1.54) is 0 Å². The highest BCUT2D eigenvalue weighted by molar-refractivity contribution is 9.10. The Labute approximate surface area is 92.5 Å². The molecule has 0 amide bonds. The van der Waals surface area contributed by atoms with Crippen molar-refractivity contribution in [2.45, 2.75) is 26.3 Å². The maximum Gasteiger partial charge on any atom is 0.131 e. The number of terminal acetylenes is 1. The molecule has 1 aromatic rings. The van der Waals surface area contributed by atoms with Gasteiger partial charge >= 0.3 is 0 Å². The molecule has 0 bridgehead atoms. The fraction of sp³-hybridized carbons (Fsp3) is 0.400. The van der Waals surface area contributed by atoms with E-state index in [0.29, 0.717) is 0 Å². The van der Waals surface area contributed by atoms with Crippen LogP contribution in [0.4, 0.5) is 5.82 Å². The van der Waals surface area contributed by atoms with E-state index in [-0.39, 0.29) is 6.04 Å². The third kappa shape index (κ3) is 3.00. The summed E-state index contributed by atoms with van der Waals surface area (Å²) in [6.45, 7) is 3.91. The first-order valence-electron chi connectivity index (χ1n) is 4.41. The van der Waals surface area contributed by atoms with Gasteiger partial charge in [0.05, 0.1) is 6.04 Å². The van der Waals surface area contributed by atoms with Crippen molar-refractivity contribution < 1.29 is 0 Å². The summed E-state index contributed by atoms with van der Waals surface area (Å²) in [6.07, 6.45) is 6.06. The van der Waals surface area contributed by atoms with Gasteiger partial charge in [-0.15, -0.1) is 6.42 Å². The molecule has 0 aliphatic rings. The number of anilines is 1. The zero-order chi connectivity index (χ0) is 10.6. The van der Waals surface area contributed by atoms with Crippen LogP contribution >= 0.6 is 15.9 Å². The first-order chi connectivity index (χ1) is 6.65. The van der Waals surface area contributed by atoms with Crippen LogP contribution in [-0.2, 0) is 6.42 Å². The van der Waals surface area contributed by atoms with Crippen LogP contribution in [0.1, 0.15) is 19.7 Å². The molecule has 4 heteroatoms. The predicted molar refractivity (Wildman–Crippen MR) is 61.0 cm³/mol. The number of hydrogen-bond donors (Lipinski definition) is 1. The molecule has 1 atom stereocenters. The molecule has 0 aromatic carbocycles. The summed E-state index contributed by atoms with van der Waals surface area (Å²) in [5, 5.41) is 3.09. The summed E-state index contributed by atoms with van der Waals surface area (Å²) >= 11 is 3.32. The van der Waals surface area contributed by atoms with Crippen LogP contribution < -0.4 is 5.32 Å². The van der Waals surface area contributed by atoms with Crippen molar-refractivity contribution in [2.75, 3.05) is 5.32 Å². The van der Waals surface area contributed by atoms with Gasteiger partial charge in [-0.25, -0.2) is 9.97 Å². The molecule has 1 N–H and O–H groups in total. The van der Waals surface area contributed by atoms with E-state index in [9.17, 15) is 0 Å². The van der Waals surface area contributed by atoms with Crippen LogP contribution in [0.25, 0.3) is 0 Å². The number of nitrogens with zero attached hydrogens (tertiary/aromatic N) is 2. The molecule has 74 valence electrons. The van der Waals surface area contributed by atoms with Crippen molar-refractivity contribution in [3.8, 4) is 12.3 Å². The molecule has 1 rings (SSSR count). The second kappa shape index (κ2) is 4.97. The summed E-state index contributed by atoms with van der Waals surface area (Å²) in [5.41, 5.74) is 0. The Bertz CT molecular complexity index is 357. The lowest BCUT2D eigenvalue weighted by atomic mass is 10.3. The van der Waals surface area contributed by atoms with E-state index >= 15 is 0 Å². The molecule has 0 radical (unpaired) electrons. The molecule has 3 nitrogen and oxygen atoms in total. The molecule has 14 heavy (non-hydrogen) atoms. The van der Waals surface area contributed by atoms with Gasteiger partial charge in [-0.2, -0.15) is 0 Å². The van der Waals surface area contributed by atoms with Crippen LogP contribution in [0.5, 0.6) is 0 Å². The Hall–Kier alpha value is -1.08. The van der Waals surface area contributed by atoms with Gasteiger partial charge < -0.3 is 5.32 Å². The number of aryl methyl sites for hydroxylation is 1. The van der Waals surface area contributed by atoms with Crippen molar-refractivity contribution in [3.63, 3.8) is 0 Å². The molecular weight excluding hydrogens is 242 g/mol. The molecule has 1 unspecified atom stereocenters. The van der Waals surface area contributed by atoms with Gasteiger partial charge in [0.15, 0.2) is 0 Å². The van der Waals surface area contributed by atoms with Crippen LogP contribution in [0.2, 0.25) is 0 Å². The van der Waals surface area contributed by atoms with Gasteiger partial charge in [-0.3, -0.25) is 0 Å². The highest BCUT2D eigenvalue weighted by Gasteiger charge is 2.03. The lowest BCUT2D eigenvalue weighted by Gasteiger charge is -2.09. The normalized spacial score (nSPS) is 11.9. The molecule has 1 heterocycles. The smallest absolute Gasteiger partial charge is 0.131 e. The fourth-order valence-corrected chi connectivity index (χ4v) is 1.38. The van der Waals surface area contributed by atoms with Crippen LogP contribution in [0.3, 0.4) is 0 Å². The van der Waals surface area contributed by atoms with Crippen LogP contribution in [0.15, 0.2) is 10.7 Å². The van der Waals surface area contributed by atoms with Gasteiger partial charge in [-0.05, 0) is 22.9 Å². The van der Waals surface area contributed by atoms with E-state index in [4.69, 9.17) is 6.42 Å². The van der Waals surface area contributed by atoms with Crippen molar-refractivity contribution in [1.29, 1.82) is 0 Å². The van der Waals surface area contributed by atoms with Gasteiger partial charge in [0.25, 0.3) is 0 Å². The van der Waals surface area contributed by atoms with Gasteiger partial charge in [-0.1, -0.05) is 12.8 Å². The molecule has 0 aliphatic heterocycles. The zero-order valence-corrected chi connectivity index (χ0v) is 9.80. The minimum absolute atomic E-state index is 0.0264. The van der Waals surface area contributed by atoms with Crippen molar-refractivity contribution in [3.05, 3.63) is 16.5 Å². The average molecular weight is 254 g/mol. The second-order valence-corrected chi connectivity index (χ2v) is 3.69. The Morgan fingerprint density at radius 2 is 2.36 bits per heavy atom. The SMILES string of the molecule is C#CC(C)Nc1cc(Br)nc(CC)n1. The van der Waals surface area contributed by atoms with E-state index in [0.717, 1.165) is 22.7 Å². The lowest BCUT2D eigenvalue weighted by molar-refractivity contribution is 0.911. The zero-order valence-electron chi connectivity index (χ0n) is 8.21. The summed E-state index contributed by atoms with van der Waals surface area (Å²) in [7, 11) is 0. The fourth-order valence-electron chi connectivity index (χ4n) is 0.960. The van der Waals surface area contributed by atoms with Crippen LogP contribution in [-0.4, -0.2) is 16.0 Å². The average Bonchev–Trinajstić information content (AvgIpc) is 2.16. The number of hydrogen-bond acceptors (Lipinski definition) is 3. The lowest BCUT2D eigenvalue weighted by Crippen LogP contribution is -2.14. The van der Waals surface area contributed by atoms with Crippen LogP contribution in [0, 0.1) is 12.3 Å². The first-order valence-corrected chi connectivity index (χ1v) is 5.21. The topological polar surface area (TPSA) is 37.8 Å². The Morgan fingerprint density at radius 1 is 1.64 bits per heavy atom. The number of nitrogens with one attached hydrogen (secondary N) is 1. The quantitative estimate of drug-likeness (QED) is 0.664. The van der Waals surface area contributed by atoms with E-state index in [2.05, 4.69) is 37.1 Å². The third-order valence-corrected chi connectivity index (χ3v) is 2.08. The van der Waals surface area contributed by atoms with Gasteiger partial charge in [0, 0.05) is 12.5 Å². The Balaban J connectivity index is 2.87. The monoisotopic (exact) mass is 253 g/mol. The Kier molecular flexibility index (Phi) is 3.90. The first kappa shape index (κ1) is 11.0. The highest BCUT2D eigenvalue weighted by Crippen LogP contribution is 2.13. The molecule has 1 aromatic heterocycles. The third-order valence-electron chi connectivity index (χ3n) is 1.67. The molecular formula is C10H12BrN3. The minimum Gasteiger partial charge on any atom is -0.357 e. The van der Waals surface area contributed by atoms with Gasteiger partial charge in [0.2, 0.25) is 0 Å².